The third-order valence-electron chi connectivity index (χ3n) is 3.40. The summed E-state index contributed by atoms with van der Waals surface area (Å²) in [5.41, 5.74) is 2.07. The molecule has 0 radical (unpaired) electrons. The van der Waals surface area contributed by atoms with Crippen molar-refractivity contribution >= 4 is 21.8 Å². The molecule has 1 N–H and O–H groups in total. The number of carbonyl (C=O) groups excluding carboxylic acids is 1. The normalized spacial score (nSPS) is 12.1. The largest absolute Gasteiger partial charge is 0.480 e. The van der Waals surface area contributed by atoms with E-state index in [9.17, 15) is 4.79 Å². The molecule has 1 atom stereocenters. The average molecular weight is 357 g/mol. The molecule has 0 aliphatic carbocycles. The zero-order valence-corrected chi connectivity index (χ0v) is 15.1. The Bertz CT molecular complexity index is 487. The van der Waals surface area contributed by atoms with E-state index in [4.69, 9.17) is 4.74 Å². The predicted octanol–water partition coefficient (Wildman–Crippen LogP) is 3.11. The molecule has 1 aromatic rings. The van der Waals surface area contributed by atoms with Gasteiger partial charge >= 0.3 is 0 Å². The third-order valence-corrected chi connectivity index (χ3v) is 3.86. The summed E-state index contributed by atoms with van der Waals surface area (Å²) >= 11 is 3.50. The van der Waals surface area contributed by atoms with Crippen molar-refractivity contribution in [3.63, 3.8) is 0 Å². The minimum absolute atomic E-state index is 0.0257. The van der Waals surface area contributed by atoms with E-state index < -0.39 is 6.10 Å². The van der Waals surface area contributed by atoms with E-state index in [1.807, 2.05) is 46.9 Å². The fraction of sp³-hybridized carbons (Fsp3) is 0.562. The Morgan fingerprint density at radius 3 is 2.52 bits per heavy atom. The van der Waals surface area contributed by atoms with Crippen LogP contribution in [-0.2, 0) is 11.3 Å². The Hall–Kier alpha value is -1.07. The second-order valence-corrected chi connectivity index (χ2v) is 5.93. The second-order valence-electron chi connectivity index (χ2n) is 5.01. The van der Waals surface area contributed by atoms with Crippen LogP contribution in [0, 0.1) is 6.92 Å². The fourth-order valence-corrected chi connectivity index (χ4v) is 2.93. The van der Waals surface area contributed by atoms with E-state index in [0.717, 1.165) is 21.3 Å². The van der Waals surface area contributed by atoms with E-state index in [-0.39, 0.29) is 5.91 Å². The van der Waals surface area contributed by atoms with Gasteiger partial charge < -0.3 is 15.0 Å². The minimum Gasteiger partial charge on any atom is -0.480 e. The number of amides is 1. The van der Waals surface area contributed by atoms with E-state index in [1.54, 1.807) is 4.90 Å². The number of hydrogen-bond acceptors (Lipinski definition) is 3. The quantitative estimate of drug-likeness (QED) is 0.815. The first kappa shape index (κ1) is 18.0. The van der Waals surface area contributed by atoms with E-state index in [0.29, 0.717) is 19.6 Å². The monoisotopic (exact) mass is 356 g/mol. The summed E-state index contributed by atoms with van der Waals surface area (Å²) in [6.45, 7) is 9.86. The number of rotatable bonds is 7. The fourth-order valence-electron chi connectivity index (χ4n) is 2.31. The van der Waals surface area contributed by atoms with Gasteiger partial charge in [-0.25, -0.2) is 0 Å². The average Bonchev–Trinajstić information content (AvgIpc) is 2.43. The maximum absolute atomic E-state index is 12.3. The van der Waals surface area contributed by atoms with Gasteiger partial charge in [0.1, 0.15) is 5.75 Å². The molecule has 21 heavy (non-hydrogen) atoms. The second kappa shape index (κ2) is 8.39. The van der Waals surface area contributed by atoms with Crippen LogP contribution in [0.2, 0.25) is 0 Å². The zero-order chi connectivity index (χ0) is 16.0. The first-order chi connectivity index (χ1) is 9.94. The molecule has 1 aromatic carbocycles. The molecule has 0 bridgehead atoms. The topological polar surface area (TPSA) is 41.6 Å². The van der Waals surface area contributed by atoms with Crippen LogP contribution in [0.15, 0.2) is 16.6 Å². The van der Waals surface area contributed by atoms with Gasteiger partial charge in [0.15, 0.2) is 6.10 Å². The molecule has 5 heteroatoms. The van der Waals surface area contributed by atoms with Gasteiger partial charge in [0.2, 0.25) is 0 Å². The summed E-state index contributed by atoms with van der Waals surface area (Å²) < 4.78 is 6.99. The standard InChI is InChI=1S/C16H25BrN2O2/c1-6-19(7-2)16(20)12(4)21-15-11(3)8-14(17)9-13(15)10-18-5/h8-9,12,18H,6-7,10H2,1-5H3. The van der Waals surface area contributed by atoms with Crippen molar-refractivity contribution in [3.05, 3.63) is 27.7 Å². The van der Waals surface area contributed by atoms with Crippen molar-refractivity contribution in [2.45, 2.75) is 40.3 Å². The molecule has 0 fully saturated rings. The zero-order valence-electron chi connectivity index (χ0n) is 13.5. The first-order valence-corrected chi connectivity index (χ1v) is 8.12. The maximum Gasteiger partial charge on any atom is 0.263 e. The molecule has 118 valence electrons. The molecule has 0 aliphatic heterocycles. The molecule has 0 heterocycles. The number of ether oxygens (including phenoxy) is 1. The van der Waals surface area contributed by atoms with Crippen molar-refractivity contribution in [3.8, 4) is 5.75 Å². The number of carbonyl (C=O) groups is 1. The van der Waals surface area contributed by atoms with Crippen molar-refractivity contribution in [2.75, 3.05) is 20.1 Å². The lowest BCUT2D eigenvalue weighted by Crippen LogP contribution is -2.40. The van der Waals surface area contributed by atoms with Gasteiger partial charge in [-0.1, -0.05) is 15.9 Å². The van der Waals surface area contributed by atoms with Gasteiger partial charge in [0, 0.05) is 29.7 Å². The summed E-state index contributed by atoms with van der Waals surface area (Å²) in [6, 6.07) is 4.02. The molecule has 0 aromatic heterocycles. The van der Waals surface area contributed by atoms with Gasteiger partial charge in [-0.2, -0.15) is 0 Å². The molecule has 0 aliphatic rings. The van der Waals surface area contributed by atoms with Gasteiger partial charge in [0.25, 0.3) is 5.91 Å². The number of likely N-dealkylation sites (N-methyl/N-ethyl adjacent to an activating group) is 1. The third kappa shape index (κ3) is 4.71. The summed E-state index contributed by atoms with van der Waals surface area (Å²) in [4.78, 5) is 14.1. The lowest BCUT2D eigenvalue weighted by molar-refractivity contribution is -0.137. The molecule has 0 saturated carbocycles. The Balaban J connectivity index is 2.98. The first-order valence-electron chi connectivity index (χ1n) is 7.33. The van der Waals surface area contributed by atoms with Crippen LogP contribution < -0.4 is 10.1 Å². The molecule has 4 nitrogen and oxygen atoms in total. The van der Waals surface area contributed by atoms with Gasteiger partial charge in [0.05, 0.1) is 0 Å². The molecule has 1 unspecified atom stereocenters. The Morgan fingerprint density at radius 2 is 2.00 bits per heavy atom. The molecular formula is C16H25BrN2O2. The van der Waals surface area contributed by atoms with Crippen molar-refractivity contribution < 1.29 is 9.53 Å². The highest BCUT2D eigenvalue weighted by molar-refractivity contribution is 9.10. The lowest BCUT2D eigenvalue weighted by atomic mass is 10.1. The molecule has 1 rings (SSSR count). The summed E-state index contributed by atoms with van der Waals surface area (Å²) in [5.74, 6) is 0.818. The number of nitrogens with one attached hydrogen (secondary N) is 1. The van der Waals surface area contributed by atoms with Gasteiger partial charge in [-0.15, -0.1) is 0 Å². The van der Waals surface area contributed by atoms with Gasteiger partial charge in [-0.3, -0.25) is 4.79 Å². The number of aryl methyl sites for hydroxylation is 1. The lowest BCUT2D eigenvalue weighted by Gasteiger charge is -2.25. The smallest absolute Gasteiger partial charge is 0.263 e. The molecule has 1 amide bonds. The Kier molecular flexibility index (Phi) is 7.18. The molecular weight excluding hydrogens is 332 g/mol. The SMILES string of the molecule is CCN(CC)C(=O)C(C)Oc1c(C)cc(Br)cc1CNC. The van der Waals surface area contributed by atoms with Gasteiger partial charge in [-0.05, 0) is 52.4 Å². The number of hydrogen-bond donors (Lipinski definition) is 1. The summed E-state index contributed by atoms with van der Waals surface area (Å²) in [6.07, 6.45) is -0.486. The number of halogens is 1. The Morgan fingerprint density at radius 1 is 1.38 bits per heavy atom. The highest BCUT2D eigenvalue weighted by atomic mass is 79.9. The van der Waals surface area contributed by atoms with Crippen LogP contribution in [0.1, 0.15) is 31.9 Å². The minimum atomic E-state index is -0.486. The van der Waals surface area contributed by atoms with Crippen LogP contribution >= 0.6 is 15.9 Å². The van der Waals surface area contributed by atoms with Crippen molar-refractivity contribution in [1.29, 1.82) is 0 Å². The van der Waals surface area contributed by atoms with Crippen molar-refractivity contribution in [2.24, 2.45) is 0 Å². The number of benzene rings is 1. The van der Waals surface area contributed by atoms with Crippen molar-refractivity contribution in [1.82, 2.24) is 10.2 Å². The van der Waals surface area contributed by atoms with Crippen LogP contribution in [0.4, 0.5) is 0 Å². The van der Waals surface area contributed by atoms with E-state index >= 15 is 0 Å². The van der Waals surface area contributed by atoms with Crippen LogP contribution in [-0.4, -0.2) is 37.0 Å². The maximum atomic E-state index is 12.3. The number of nitrogens with zero attached hydrogens (tertiary/aromatic N) is 1. The van der Waals surface area contributed by atoms with Crippen LogP contribution in [0.25, 0.3) is 0 Å². The highest BCUT2D eigenvalue weighted by Gasteiger charge is 2.21. The summed E-state index contributed by atoms with van der Waals surface area (Å²) in [5, 5.41) is 3.13. The Labute approximate surface area is 136 Å². The predicted molar refractivity (Wildman–Crippen MR) is 89.7 cm³/mol. The van der Waals surface area contributed by atoms with E-state index in [1.165, 1.54) is 0 Å². The molecule has 0 saturated heterocycles. The van der Waals surface area contributed by atoms with Crippen LogP contribution in [0.3, 0.4) is 0 Å². The van der Waals surface area contributed by atoms with Crippen LogP contribution in [0.5, 0.6) is 5.75 Å². The molecule has 0 spiro atoms. The van der Waals surface area contributed by atoms with E-state index in [2.05, 4.69) is 21.2 Å². The highest BCUT2D eigenvalue weighted by Crippen LogP contribution is 2.29. The summed E-state index contributed by atoms with van der Waals surface area (Å²) in [7, 11) is 1.89.